The Morgan fingerprint density at radius 2 is 0.917 bits per heavy atom. The van der Waals surface area contributed by atoms with Crippen molar-refractivity contribution in [2.24, 2.45) is 0 Å². The molecule has 0 aromatic rings. The van der Waals surface area contributed by atoms with Crippen LogP contribution in [0.15, 0.2) is 36.5 Å². The van der Waals surface area contributed by atoms with Crippen molar-refractivity contribution in [3.63, 3.8) is 0 Å². The Hall–Kier alpha value is -1.93. The Bertz CT molecular complexity index is 1190. The number of phosphoric ester groups is 1. The number of hydrogen-bond donors (Lipinski definition) is 6. The van der Waals surface area contributed by atoms with Crippen molar-refractivity contribution in [1.82, 2.24) is 0 Å². The lowest BCUT2D eigenvalue weighted by Gasteiger charge is -2.41. The number of aliphatic hydroxyl groups excluding tert-OH is 5. The highest BCUT2D eigenvalue weighted by atomic mass is 31.2. The fourth-order valence-corrected chi connectivity index (χ4v) is 7.86. The quantitative estimate of drug-likeness (QED) is 0.0148. The number of hydrogen-bond acceptors (Lipinski definition) is 12. The Labute approximate surface area is 361 Å². The van der Waals surface area contributed by atoms with E-state index in [0.29, 0.717) is 12.8 Å². The Kier molecular flexibility index (Phi) is 34.2. The van der Waals surface area contributed by atoms with Gasteiger partial charge >= 0.3 is 19.8 Å². The molecule has 0 aromatic carbocycles. The lowest BCUT2D eigenvalue weighted by Crippen LogP contribution is -2.64. The Balaban J connectivity index is 2.47. The predicted octanol–water partition coefficient (Wildman–Crippen LogP) is 9.00. The van der Waals surface area contributed by atoms with E-state index in [2.05, 4.69) is 50.3 Å². The van der Waals surface area contributed by atoms with E-state index in [1.807, 2.05) is 0 Å². The molecule has 0 amide bonds. The van der Waals surface area contributed by atoms with Gasteiger partial charge < -0.3 is 39.9 Å². The predicted molar refractivity (Wildman–Crippen MR) is 235 cm³/mol. The fourth-order valence-electron chi connectivity index (χ4n) is 6.89. The molecular weight excluding hydrogens is 791 g/mol. The highest BCUT2D eigenvalue weighted by Gasteiger charge is 2.51. The molecule has 350 valence electrons. The highest BCUT2D eigenvalue weighted by molar-refractivity contribution is 7.47. The number of carbonyl (C=O) groups is 2. The Morgan fingerprint density at radius 1 is 0.517 bits per heavy atom. The highest BCUT2D eigenvalue weighted by Crippen LogP contribution is 2.47. The van der Waals surface area contributed by atoms with Gasteiger partial charge in [0.05, 0.1) is 6.61 Å². The summed E-state index contributed by atoms with van der Waals surface area (Å²) in [5.74, 6) is -1.12. The van der Waals surface area contributed by atoms with Gasteiger partial charge in [-0.2, -0.15) is 0 Å². The van der Waals surface area contributed by atoms with Gasteiger partial charge in [-0.25, -0.2) is 4.57 Å². The molecule has 0 bridgehead atoms. The molecule has 0 spiro atoms. The van der Waals surface area contributed by atoms with Crippen LogP contribution in [0.4, 0.5) is 0 Å². The lowest BCUT2D eigenvalue weighted by molar-refractivity contribution is -0.220. The molecule has 6 N–H and O–H groups in total. The van der Waals surface area contributed by atoms with Crippen LogP contribution < -0.4 is 0 Å². The second-order valence-electron chi connectivity index (χ2n) is 16.3. The van der Waals surface area contributed by atoms with E-state index >= 15 is 0 Å². The van der Waals surface area contributed by atoms with Crippen molar-refractivity contribution in [2.75, 3.05) is 13.2 Å². The molecule has 1 aliphatic rings. The summed E-state index contributed by atoms with van der Waals surface area (Å²) in [5.41, 5.74) is 0. The van der Waals surface area contributed by atoms with Gasteiger partial charge in [-0.3, -0.25) is 18.6 Å². The minimum absolute atomic E-state index is 0.0889. The summed E-state index contributed by atoms with van der Waals surface area (Å²) in [7, 11) is -5.12. The van der Waals surface area contributed by atoms with Crippen molar-refractivity contribution in [3.8, 4) is 0 Å². The topological polar surface area (TPSA) is 210 Å². The van der Waals surface area contributed by atoms with E-state index in [1.165, 1.54) is 70.6 Å². The zero-order valence-electron chi connectivity index (χ0n) is 37.0. The molecule has 60 heavy (non-hydrogen) atoms. The van der Waals surface area contributed by atoms with Crippen LogP contribution in [0.3, 0.4) is 0 Å². The van der Waals surface area contributed by atoms with E-state index in [-0.39, 0.29) is 12.8 Å². The minimum atomic E-state index is -5.12. The minimum Gasteiger partial charge on any atom is -0.462 e. The maximum atomic E-state index is 12.8. The van der Waals surface area contributed by atoms with Crippen molar-refractivity contribution >= 4 is 19.8 Å². The maximum Gasteiger partial charge on any atom is 0.472 e. The van der Waals surface area contributed by atoms with E-state index in [4.69, 9.17) is 18.5 Å². The van der Waals surface area contributed by atoms with E-state index in [0.717, 1.165) is 77.0 Å². The van der Waals surface area contributed by atoms with Crippen LogP contribution in [0.5, 0.6) is 0 Å². The van der Waals surface area contributed by atoms with Crippen molar-refractivity contribution in [2.45, 2.75) is 230 Å². The molecule has 0 radical (unpaired) electrons. The third-order valence-electron chi connectivity index (χ3n) is 10.7. The number of allylic oxidation sites excluding steroid dienone is 6. The van der Waals surface area contributed by atoms with Crippen LogP contribution in [0.25, 0.3) is 0 Å². The molecule has 6 unspecified atom stereocenters. The van der Waals surface area contributed by atoms with Gasteiger partial charge in [0.2, 0.25) is 0 Å². The average Bonchev–Trinajstić information content (AvgIpc) is 3.23. The van der Waals surface area contributed by atoms with Crippen LogP contribution in [-0.2, 0) is 32.7 Å². The number of phosphoric acid groups is 1. The molecule has 0 saturated heterocycles. The van der Waals surface area contributed by atoms with Gasteiger partial charge in [0.1, 0.15) is 43.2 Å². The molecule has 14 heteroatoms. The first kappa shape index (κ1) is 56.1. The number of unbranched alkanes of at least 4 members (excludes halogenated alkanes) is 20. The number of esters is 2. The van der Waals surface area contributed by atoms with Gasteiger partial charge in [0.15, 0.2) is 6.10 Å². The molecule has 1 rings (SSSR count). The number of aliphatic hydroxyl groups is 5. The molecule has 13 nitrogen and oxygen atoms in total. The first-order valence-electron chi connectivity index (χ1n) is 23.3. The summed E-state index contributed by atoms with van der Waals surface area (Å²) >= 11 is 0. The average molecular weight is 875 g/mol. The van der Waals surface area contributed by atoms with E-state index in [1.54, 1.807) is 0 Å². The summed E-state index contributed by atoms with van der Waals surface area (Å²) in [6.07, 6.45) is 27.7. The van der Waals surface area contributed by atoms with Gasteiger partial charge in [0, 0.05) is 12.8 Å². The van der Waals surface area contributed by atoms with E-state index < -0.39 is 75.7 Å². The SMILES string of the molecule is CCCC/C=C\C/C=C\CCCCCCCC(=O)OC[C@H](COP(=O)(O)OC1C(O)C(O)C(O)[C@@H](O)C1O)OC(=O)CCCCCCCCC/C=C\CCCCCCCC. The molecular formula is C46H83O13P. The fraction of sp³-hybridized carbons (Fsp3) is 0.826. The van der Waals surface area contributed by atoms with E-state index in [9.17, 15) is 44.6 Å². The molecule has 1 aliphatic carbocycles. The largest absolute Gasteiger partial charge is 0.472 e. The molecule has 0 aromatic heterocycles. The standard InChI is InChI=1S/C46H83O13P/c1-3-5-7-9-11-13-15-17-19-20-21-23-25-27-29-31-33-35-40(48)58-38(37-57-60(54,55)59-46-44(52)42(50)41(49)43(51)45(46)53)36-56-39(47)34-32-30-28-26-24-22-18-16-14-12-10-8-6-4-2/h10,12,16-19,38,41-46,49-53H,3-9,11,13-15,20-37H2,1-2H3,(H,54,55)/b12-10-,18-16-,19-17-/t38-,41?,42-,43?,44?,45?,46?/m1/s1. The first-order valence-corrected chi connectivity index (χ1v) is 24.8. The van der Waals surface area contributed by atoms with Crippen LogP contribution in [0, 0.1) is 0 Å². The molecule has 1 saturated carbocycles. The maximum absolute atomic E-state index is 12.8. The summed E-state index contributed by atoms with van der Waals surface area (Å²) in [6.45, 7) is 3.24. The smallest absolute Gasteiger partial charge is 0.462 e. The van der Waals surface area contributed by atoms with Crippen LogP contribution in [-0.4, -0.2) is 98.3 Å². The monoisotopic (exact) mass is 875 g/mol. The molecule has 0 heterocycles. The van der Waals surface area contributed by atoms with Gasteiger partial charge in [0.25, 0.3) is 0 Å². The number of ether oxygens (including phenoxy) is 2. The van der Waals surface area contributed by atoms with Gasteiger partial charge in [-0.1, -0.05) is 147 Å². The molecule has 0 aliphatic heterocycles. The van der Waals surface area contributed by atoms with Gasteiger partial charge in [-0.15, -0.1) is 0 Å². The van der Waals surface area contributed by atoms with Crippen molar-refractivity contribution in [3.05, 3.63) is 36.5 Å². The second kappa shape index (κ2) is 36.5. The van der Waals surface area contributed by atoms with Crippen LogP contribution in [0.1, 0.15) is 187 Å². The third-order valence-corrected chi connectivity index (χ3v) is 11.7. The zero-order valence-corrected chi connectivity index (χ0v) is 37.9. The summed E-state index contributed by atoms with van der Waals surface area (Å²) in [5, 5.41) is 50.1. The number of rotatable bonds is 38. The van der Waals surface area contributed by atoms with Crippen molar-refractivity contribution < 1.29 is 63.1 Å². The summed E-state index contributed by atoms with van der Waals surface area (Å²) in [6, 6.07) is 0. The summed E-state index contributed by atoms with van der Waals surface area (Å²) in [4.78, 5) is 35.7. The Morgan fingerprint density at radius 3 is 1.42 bits per heavy atom. The van der Waals surface area contributed by atoms with Crippen LogP contribution in [0.2, 0.25) is 0 Å². The third kappa shape index (κ3) is 28.6. The summed E-state index contributed by atoms with van der Waals surface area (Å²) < 4.78 is 33.5. The first-order chi connectivity index (χ1) is 28.9. The molecule has 1 fully saturated rings. The normalized spacial score (nSPS) is 22.5. The van der Waals surface area contributed by atoms with Gasteiger partial charge in [-0.05, 0) is 64.2 Å². The second-order valence-corrected chi connectivity index (χ2v) is 17.7. The molecule has 8 atom stereocenters. The van der Waals surface area contributed by atoms with Crippen molar-refractivity contribution in [1.29, 1.82) is 0 Å². The zero-order chi connectivity index (χ0) is 44.3. The van der Waals surface area contributed by atoms with Crippen LogP contribution >= 0.6 is 7.82 Å². The lowest BCUT2D eigenvalue weighted by atomic mass is 9.85. The number of carbonyl (C=O) groups excluding carboxylic acids is 2.